The number of hydrogen-bond donors (Lipinski definition) is 1. The Morgan fingerprint density at radius 2 is 1.87 bits per heavy atom. The van der Waals surface area contributed by atoms with Crippen LogP contribution in [-0.4, -0.2) is 71.3 Å². The van der Waals surface area contributed by atoms with Gasteiger partial charge in [-0.3, -0.25) is 14.4 Å². The van der Waals surface area contributed by atoms with Gasteiger partial charge in [-0.2, -0.15) is 0 Å². The van der Waals surface area contributed by atoms with E-state index in [1.165, 1.54) is 0 Å². The summed E-state index contributed by atoms with van der Waals surface area (Å²) in [5.74, 6) is -2.86. The lowest BCUT2D eigenvalue weighted by molar-refractivity contribution is -0.160. The van der Waals surface area contributed by atoms with Crippen molar-refractivity contribution in [2.45, 2.75) is 62.7 Å². The predicted molar refractivity (Wildman–Crippen MR) is 143 cm³/mol. The molecule has 5 atom stereocenters. The number of amides is 2. The third-order valence-electron chi connectivity index (χ3n) is 8.33. The fourth-order valence-electron chi connectivity index (χ4n) is 6.56. The van der Waals surface area contributed by atoms with Crippen molar-refractivity contribution in [3.8, 4) is 0 Å². The average molecular weight is 543 g/mol. The molecule has 1 N–H and O–H groups in total. The maximum Gasteiger partial charge on any atom is 0.313 e. The van der Waals surface area contributed by atoms with Gasteiger partial charge in [-0.1, -0.05) is 55.0 Å². The minimum Gasteiger partial charge on any atom is -0.465 e. The highest BCUT2D eigenvalue weighted by atomic mass is 35.5. The third kappa shape index (κ3) is 4.27. The number of allylic oxidation sites excluding steroid dienone is 1. The van der Waals surface area contributed by atoms with Crippen molar-refractivity contribution < 1.29 is 29.0 Å². The second kappa shape index (κ2) is 10.8. The molecular weight excluding hydrogens is 508 g/mol. The Balaban J connectivity index is 1.65. The van der Waals surface area contributed by atoms with Crippen LogP contribution < -0.4 is 4.90 Å². The monoisotopic (exact) mass is 542 g/mol. The molecule has 0 radical (unpaired) electrons. The number of cyclic esters (lactones) is 1. The molecule has 1 aromatic carbocycles. The highest BCUT2D eigenvalue weighted by Crippen LogP contribution is 2.58. The number of hydrogen-bond acceptors (Lipinski definition) is 6. The molecule has 2 fully saturated rings. The number of aliphatic hydroxyl groups is 1. The second-order valence-electron chi connectivity index (χ2n) is 10.5. The van der Waals surface area contributed by atoms with E-state index >= 15 is 0 Å². The number of fused-ring (bicyclic) bond motifs is 2. The van der Waals surface area contributed by atoms with Crippen LogP contribution in [0.5, 0.6) is 0 Å². The number of nitrogens with zero attached hydrogens (tertiary/aromatic N) is 2. The average Bonchev–Trinajstić information content (AvgIpc) is 3.26. The topological polar surface area (TPSA) is 96.4 Å². The van der Waals surface area contributed by atoms with Gasteiger partial charge in [-0.15, -0.1) is 0 Å². The van der Waals surface area contributed by atoms with Gasteiger partial charge < -0.3 is 24.4 Å². The van der Waals surface area contributed by atoms with Gasteiger partial charge in [0.05, 0.1) is 23.2 Å². The van der Waals surface area contributed by atoms with Crippen molar-refractivity contribution in [3.63, 3.8) is 0 Å². The van der Waals surface area contributed by atoms with E-state index in [0.29, 0.717) is 30.0 Å². The van der Waals surface area contributed by atoms with Crippen molar-refractivity contribution in [2.75, 3.05) is 31.2 Å². The van der Waals surface area contributed by atoms with E-state index in [9.17, 15) is 19.5 Å². The first kappa shape index (κ1) is 26.9. The van der Waals surface area contributed by atoms with Gasteiger partial charge in [0.15, 0.2) is 0 Å². The molecule has 9 heteroatoms. The fourth-order valence-corrected chi connectivity index (χ4v) is 6.80. The Kier molecular flexibility index (Phi) is 7.67. The van der Waals surface area contributed by atoms with Crippen LogP contribution in [0.15, 0.2) is 48.6 Å². The summed E-state index contributed by atoms with van der Waals surface area (Å²) >= 11 is 6.50. The number of unbranched alkanes of at least 4 members (excludes halogenated alkanes) is 1. The number of ether oxygens (including phenoxy) is 2. The van der Waals surface area contributed by atoms with Crippen molar-refractivity contribution in [3.05, 3.63) is 53.6 Å². The van der Waals surface area contributed by atoms with Crippen molar-refractivity contribution >= 4 is 35.1 Å². The Morgan fingerprint density at radius 3 is 2.63 bits per heavy atom. The van der Waals surface area contributed by atoms with Gasteiger partial charge in [-0.25, -0.2) is 0 Å². The highest BCUT2D eigenvalue weighted by molar-refractivity contribution is 6.34. The minimum absolute atomic E-state index is 0.0178. The molecule has 38 heavy (non-hydrogen) atoms. The summed E-state index contributed by atoms with van der Waals surface area (Å²) in [7, 11) is 0. The second-order valence-corrected chi connectivity index (χ2v) is 10.9. The van der Waals surface area contributed by atoms with Gasteiger partial charge in [-0.05, 0) is 50.7 Å². The number of likely N-dealkylation sites (tertiary alicyclic amines) is 1. The van der Waals surface area contributed by atoms with E-state index in [-0.39, 0.29) is 38.1 Å². The van der Waals surface area contributed by atoms with E-state index in [2.05, 4.69) is 0 Å². The number of aliphatic hydroxyl groups excluding tert-OH is 1. The Labute approximate surface area is 228 Å². The zero-order chi connectivity index (χ0) is 26.9. The lowest BCUT2D eigenvalue weighted by atomic mass is 9.73. The summed E-state index contributed by atoms with van der Waals surface area (Å²) in [5.41, 5.74) is -1.87. The summed E-state index contributed by atoms with van der Waals surface area (Å²) in [6.45, 7) is 2.72. The van der Waals surface area contributed by atoms with Crippen molar-refractivity contribution in [2.24, 2.45) is 11.8 Å². The molecule has 5 rings (SSSR count). The van der Waals surface area contributed by atoms with E-state index in [1.807, 2.05) is 37.3 Å². The van der Waals surface area contributed by atoms with Crippen LogP contribution in [0.1, 0.15) is 45.4 Å². The summed E-state index contributed by atoms with van der Waals surface area (Å²) in [6, 6.07) is 6.12. The standard InChI is InChI=1S/C29H35ClN2O6/c1-2-28-14-7-3-4-10-19-37-27(36)23(28)22-25(34)32(16-8-9-18-33)24-26(35)31(17-11-15-29(22,24)38-28)21-13-6-5-12-20(21)30/h5-7,11-15,22-24,33H,2-4,8-10,16-19H2,1H3/b14-7-/t22-,23-,24?,28+,29-/m0/s1. The third-order valence-corrected chi connectivity index (χ3v) is 8.65. The van der Waals surface area contributed by atoms with Crippen LogP contribution in [0.2, 0.25) is 5.02 Å². The van der Waals surface area contributed by atoms with Gasteiger partial charge in [0, 0.05) is 19.7 Å². The first-order chi connectivity index (χ1) is 18.4. The molecule has 0 saturated carbocycles. The number of para-hydroxylation sites is 1. The van der Waals surface area contributed by atoms with Crippen LogP contribution in [0.4, 0.5) is 5.69 Å². The smallest absolute Gasteiger partial charge is 0.313 e. The molecule has 1 unspecified atom stereocenters. The zero-order valence-electron chi connectivity index (χ0n) is 21.7. The summed E-state index contributed by atoms with van der Waals surface area (Å²) < 4.78 is 12.6. The SMILES string of the molecule is CC[C@@]12/C=C\CCCCOC(=O)[C@@H]1[C@H]1C(=O)N(CCCCO)C3C(=O)N(c4ccccc4Cl)CC=C[C@@]31O2. The summed E-state index contributed by atoms with van der Waals surface area (Å²) in [6.07, 6.45) is 11.5. The van der Waals surface area contributed by atoms with Gasteiger partial charge >= 0.3 is 5.97 Å². The van der Waals surface area contributed by atoms with Crippen LogP contribution in [0.3, 0.4) is 0 Å². The number of carbonyl (C=O) groups is 3. The molecular formula is C29H35ClN2O6. The zero-order valence-corrected chi connectivity index (χ0v) is 22.4. The molecule has 4 aliphatic rings. The molecule has 1 aromatic rings. The van der Waals surface area contributed by atoms with Crippen LogP contribution >= 0.6 is 11.6 Å². The van der Waals surface area contributed by atoms with Crippen molar-refractivity contribution in [1.29, 1.82) is 0 Å². The summed E-state index contributed by atoms with van der Waals surface area (Å²) in [4.78, 5) is 45.4. The quantitative estimate of drug-likeness (QED) is 0.335. The molecule has 1 spiro atoms. The van der Waals surface area contributed by atoms with Crippen LogP contribution in [0.25, 0.3) is 0 Å². The molecule has 0 bridgehead atoms. The molecule has 0 aromatic heterocycles. The molecule has 2 amide bonds. The maximum absolute atomic E-state index is 14.4. The number of rotatable bonds is 6. The Bertz CT molecular complexity index is 1150. The van der Waals surface area contributed by atoms with Gasteiger partial charge in [0.2, 0.25) is 5.91 Å². The van der Waals surface area contributed by atoms with Crippen LogP contribution in [0, 0.1) is 11.8 Å². The lowest BCUT2D eigenvalue weighted by Crippen LogP contribution is -2.56. The number of anilines is 1. The molecule has 4 heterocycles. The highest BCUT2D eigenvalue weighted by Gasteiger charge is 2.75. The summed E-state index contributed by atoms with van der Waals surface area (Å²) in [5, 5.41) is 9.81. The molecule has 8 nitrogen and oxygen atoms in total. The number of carbonyl (C=O) groups excluding carboxylic acids is 3. The van der Waals surface area contributed by atoms with Crippen molar-refractivity contribution in [1.82, 2.24) is 4.90 Å². The lowest BCUT2D eigenvalue weighted by Gasteiger charge is -2.38. The normalized spacial score (nSPS) is 33.9. The molecule has 2 saturated heterocycles. The Morgan fingerprint density at radius 1 is 1.05 bits per heavy atom. The first-order valence-corrected chi connectivity index (χ1v) is 14.0. The van der Waals surface area contributed by atoms with E-state index < -0.39 is 35.0 Å². The number of halogens is 1. The van der Waals surface area contributed by atoms with Gasteiger partial charge in [0.25, 0.3) is 5.91 Å². The van der Waals surface area contributed by atoms with E-state index in [4.69, 9.17) is 21.1 Å². The van der Waals surface area contributed by atoms with Crippen LogP contribution in [-0.2, 0) is 23.9 Å². The number of benzene rings is 1. The molecule has 0 aliphatic carbocycles. The van der Waals surface area contributed by atoms with E-state index in [0.717, 1.165) is 19.3 Å². The fraction of sp³-hybridized carbons (Fsp3) is 0.552. The Hall–Kier alpha value is -2.68. The molecule has 4 aliphatic heterocycles. The molecule has 204 valence electrons. The first-order valence-electron chi connectivity index (χ1n) is 13.6. The van der Waals surface area contributed by atoms with E-state index in [1.54, 1.807) is 28.0 Å². The largest absolute Gasteiger partial charge is 0.465 e. The maximum atomic E-state index is 14.4. The van der Waals surface area contributed by atoms with Gasteiger partial charge in [0.1, 0.15) is 23.2 Å². The predicted octanol–water partition coefficient (Wildman–Crippen LogP) is 3.66. The number of esters is 1. The minimum atomic E-state index is -1.35.